The number of nitrogens with two attached hydrogens (primary N) is 2. The molecule has 0 aromatic heterocycles. The lowest BCUT2D eigenvalue weighted by Crippen LogP contribution is -2.45. The van der Waals surface area contributed by atoms with Gasteiger partial charge in [0.05, 0.1) is 5.56 Å². The summed E-state index contributed by atoms with van der Waals surface area (Å²) in [6.07, 6.45) is 0. The highest BCUT2D eigenvalue weighted by Gasteiger charge is 2.18. The lowest BCUT2D eigenvalue weighted by molar-refractivity contribution is -0.147. The summed E-state index contributed by atoms with van der Waals surface area (Å²) in [5, 5.41) is 13.9. The molecule has 0 aliphatic rings. The average Bonchev–Trinajstić information content (AvgIpc) is 2.03. The molecule has 0 fully saturated rings. The number of carboxylic acids is 1. The van der Waals surface area contributed by atoms with Gasteiger partial charge < -0.3 is 10.8 Å². The third-order valence-corrected chi connectivity index (χ3v) is 2.03. The Bertz CT molecular complexity index is 376. The number of halogens is 1. The molecule has 5 heteroatoms. The quantitative estimate of drug-likeness (QED) is 0.491. The van der Waals surface area contributed by atoms with E-state index in [2.05, 4.69) is 15.9 Å². The number of carboxylic acid groups (broad SMARTS) is 1. The van der Waals surface area contributed by atoms with Crippen LogP contribution >= 0.6 is 15.9 Å². The molecular weight excluding hydrogens is 236 g/mol. The molecule has 0 heterocycles. The Hall–Kier alpha value is -1.36. The topological polar surface area (TPSA) is 88.9 Å². The standard InChI is InChI=1S/C8H7BrN2O2/c9-4-1-2-5(6(10)3-4)7(11)8(12)13/h1-3,11H,10H2,(H,12,13)/p+1. The Morgan fingerprint density at radius 2 is 2.15 bits per heavy atom. The van der Waals surface area contributed by atoms with Gasteiger partial charge in [-0.2, -0.15) is 0 Å². The van der Waals surface area contributed by atoms with Crippen LogP contribution in [-0.4, -0.2) is 16.8 Å². The second kappa shape index (κ2) is 3.57. The van der Waals surface area contributed by atoms with Crippen molar-refractivity contribution in [1.29, 1.82) is 0 Å². The van der Waals surface area contributed by atoms with Gasteiger partial charge in [-0.3, -0.25) is 0 Å². The predicted molar refractivity (Wildman–Crippen MR) is 52.2 cm³/mol. The number of hydrogen-bond donors (Lipinski definition) is 3. The molecule has 5 N–H and O–H groups in total. The lowest BCUT2D eigenvalue weighted by Gasteiger charge is -2.00. The van der Waals surface area contributed by atoms with Gasteiger partial charge in [0.25, 0.3) is 5.71 Å². The van der Waals surface area contributed by atoms with Crippen molar-refractivity contribution in [1.82, 2.24) is 0 Å². The zero-order valence-electron chi connectivity index (χ0n) is 6.62. The maximum Gasteiger partial charge on any atom is 0.401 e. The Morgan fingerprint density at radius 3 is 2.62 bits per heavy atom. The lowest BCUT2D eigenvalue weighted by atomic mass is 10.1. The average molecular weight is 244 g/mol. The Labute approximate surface area is 83.0 Å². The highest BCUT2D eigenvalue weighted by Crippen LogP contribution is 2.18. The predicted octanol–water partition coefficient (Wildman–Crippen LogP) is -0.336. The van der Waals surface area contributed by atoms with Gasteiger partial charge in [-0.1, -0.05) is 15.9 Å². The van der Waals surface area contributed by atoms with E-state index in [1.807, 2.05) is 0 Å². The van der Waals surface area contributed by atoms with Crippen LogP contribution < -0.4 is 11.1 Å². The number of rotatable bonds is 2. The fourth-order valence-electron chi connectivity index (χ4n) is 0.894. The number of carbonyl (C=O) groups is 1. The third-order valence-electron chi connectivity index (χ3n) is 1.53. The van der Waals surface area contributed by atoms with Gasteiger partial charge in [-0.25, -0.2) is 10.2 Å². The second-order valence-electron chi connectivity index (χ2n) is 2.45. The van der Waals surface area contributed by atoms with Gasteiger partial charge in [-0.15, -0.1) is 0 Å². The van der Waals surface area contributed by atoms with Crippen LogP contribution in [0.25, 0.3) is 0 Å². The molecule has 0 saturated heterocycles. The van der Waals surface area contributed by atoms with Crippen LogP contribution in [0.5, 0.6) is 0 Å². The summed E-state index contributed by atoms with van der Waals surface area (Å²) in [4.78, 5) is 10.5. The Balaban J connectivity index is 3.16. The molecule has 4 nitrogen and oxygen atoms in total. The molecule has 68 valence electrons. The molecule has 0 unspecified atom stereocenters. The molecule has 1 aromatic carbocycles. The molecule has 0 aliphatic carbocycles. The van der Waals surface area contributed by atoms with Crippen molar-refractivity contribution in [3.63, 3.8) is 0 Å². The van der Waals surface area contributed by atoms with Crippen molar-refractivity contribution in [2.24, 2.45) is 0 Å². The largest absolute Gasteiger partial charge is 0.473 e. The monoisotopic (exact) mass is 243 g/mol. The fourth-order valence-corrected chi connectivity index (χ4v) is 1.27. The first kappa shape index (κ1) is 9.73. The van der Waals surface area contributed by atoms with Gasteiger partial charge in [-0.05, 0) is 18.2 Å². The van der Waals surface area contributed by atoms with Crippen molar-refractivity contribution in [3.05, 3.63) is 28.2 Å². The number of anilines is 1. The molecule has 13 heavy (non-hydrogen) atoms. The first-order valence-corrected chi connectivity index (χ1v) is 4.23. The molecule has 0 bridgehead atoms. The first-order valence-electron chi connectivity index (χ1n) is 3.43. The Kier molecular flexibility index (Phi) is 2.67. The van der Waals surface area contributed by atoms with Crippen molar-refractivity contribution < 1.29 is 15.3 Å². The summed E-state index contributed by atoms with van der Waals surface area (Å²) in [5.74, 6) is -1.17. The number of benzene rings is 1. The maximum atomic E-state index is 10.5. The van der Waals surface area contributed by atoms with E-state index in [4.69, 9.17) is 16.2 Å². The van der Waals surface area contributed by atoms with Gasteiger partial charge >= 0.3 is 5.97 Å². The van der Waals surface area contributed by atoms with Gasteiger partial charge in [0.15, 0.2) is 0 Å². The smallest absolute Gasteiger partial charge is 0.401 e. The molecule has 1 rings (SSSR count). The minimum Gasteiger partial charge on any atom is -0.473 e. The van der Waals surface area contributed by atoms with Crippen molar-refractivity contribution in [2.45, 2.75) is 0 Å². The highest BCUT2D eigenvalue weighted by molar-refractivity contribution is 9.10. The van der Waals surface area contributed by atoms with Crippen molar-refractivity contribution in [3.8, 4) is 0 Å². The van der Waals surface area contributed by atoms with Crippen LogP contribution in [0.4, 0.5) is 5.69 Å². The third kappa shape index (κ3) is 2.06. The van der Waals surface area contributed by atoms with Crippen LogP contribution in [0.1, 0.15) is 5.56 Å². The summed E-state index contributed by atoms with van der Waals surface area (Å²) in [6.45, 7) is 0. The van der Waals surface area contributed by atoms with E-state index in [1.54, 1.807) is 18.2 Å². The zero-order chi connectivity index (χ0) is 10.0. The maximum absolute atomic E-state index is 10.5. The van der Waals surface area contributed by atoms with Crippen molar-refractivity contribution >= 4 is 33.3 Å². The minimum absolute atomic E-state index is 0.245. The summed E-state index contributed by atoms with van der Waals surface area (Å²) in [5.41, 5.74) is 6.01. The fraction of sp³-hybridized carbons (Fsp3) is 0. The normalized spacial score (nSPS) is 9.62. The molecule has 0 amide bonds. The van der Waals surface area contributed by atoms with E-state index in [0.29, 0.717) is 11.3 Å². The number of nitrogen functional groups attached to an aromatic ring is 1. The molecule has 0 radical (unpaired) electrons. The number of aliphatic carboxylic acids is 1. The van der Waals surface area contributed by atoms with Crippen molar-refractivity contribution in [2.75, 3.05) is 5.73 Å². The van der Waals surface area contributed by atoms with Crippen LogP contribution in [0.2, 0.25) is 0 Å². The van der Waals surface area contributed by atoms with E-state index in [9.17, 15) is 4.79 Å². The summed E-state index contributed by atoms with van der Waals surface area (Å²) >= 11 is 3.20. The first-order chi connectivity index (χ1) is 6.02. The SMILES string of the molecule is Nc1cc(Br)ccc1C(=[NH2+])C(=O)O. The molecule has 0 atom stereocenters. The van der Waals surface area contributed by atoms with E-state index in [-0.39, 0.29) is 5.71 Å². The van der Waals surface area contributed by atoms with E-state index in [1.165, 1.54) is 0 Å². The minimum atomic E-state index is -1.17. The second-order valence-corrected chi connectivity index (χ2v) is 3.37. The number of hydrogen-bond acceptors (Lipinski definition) is 2. The molecular formula is C8H8BrN2O2+. The zero-order valence-corrected chi connectivity index (χ0v) is 8.21. The van der Waals surface area contributed by atoms with E-state index >= 15 is 0 Å². The molecule has 0 spiro atoms. The molecule has 1 aromatic rings. The molecule has 0 saturated carbocycles. The van der Waals surface area contributed by atoms with Crippen LogP contribution in [0, 0.1) is 0 Å². The summed E-state index contributed by atoms with van der Waals surface area (Å²) in [6, 6.07) is 4.84. The van der Waals surface area contributed by atoms with Crippen LogP contribution in [-0.2, 0) is 4.79 Å². The highest BCUT2D eigenvalue weighted by atomic mass is 79.9. The van der Waals surface area contributed by atoms with Crippen LogP contribution in [0.15, 0.2) is 22.7 Å². The summed E-state index contributed by atoms with van der Waals surface area (Å²) < 4.78 is 0.784. The molecule has 0 aliphatic heterocycles. The summed E-state index contributed by atoms with van der Waals surface area (Å²) in [7, 11) is 0. The Morgan fingerprint density at radius 1 is 1.54 bits per heavy atom. The van der Waals surface area contributed by atoms with Gasteiger partial charge in [0, 0.05) is 10.2 Å². The van der Waals surface area contributed by atoms with Gasteiger partial charge in [0.1, 0.15) is 0 Å². The van der Waals surface area contributed by atoms with E-state index < -0.39 is 5.97 Å². The van der Waals surface area contributed by atoms with Crippen LogP contribution in [0.3, 0.4) is 0 Å². The van der Waals surface area contributed by atoms with Gasteiger partial charge in [0.2, 0.25) is 0 Å². The van der Waals surface area contributed by atoms with E-state index in [0.717, 1.165) is 4.47 Å².